The monoisotopic (exact) mass is 591 g/mol. The molecule has 0 fully saturated rings. The molecule has 0 saturated heterocycles. The maximum absolute atomic E-state index is 13.7. The highest BCUT2D eigenvalue weighted by Crippen LogP contribution is 2.34. The van der Waals surface area contributed by atoms with Crippen molar-refractivity contribution in [2.45, 2.75) is 33.3 Å². The summed E-state index contributed by atoms with van der Waals surface area (Å²) in [6.07, 6.45) is -1.16. The second kappa shape index (κ2) is 12.4. The summed E-state index contributed by atoms with van der Waals surface area (Å²) < 4.78 is 11.9. The van der Waals surface area contributed by atoms with Gasteiger partial charge in [0.1, 0.15) is 21.6 Å². The molecule has 11 heteroatoms. The van der Waals surface area contributed by atoms with Gasteiger partial charge in [0.05, 0.1) is 12.2 Å². The molecule has 2 aromatic heterocycles. The molecule has 0 aliphatic carbocycles. The van der Waals surface area contributed by atoms with Crippen LogP contribution >= 0.6 is 22.9 Å². The maximum atomic E-state index is 13.7. The Labute approximate surface area is 244 Å². The molecule has 4 rings (SSSR count). The van der Waals surface area contributed by atoms with Gasteiger partial charge in [0.25, 0.3) is 11.5 Å². The van der Waals surface area contributed by atoms with Crippen LogP contribution in [0.2, 0.25) is 5.02 Å². The van der Waals surface area contributed by atoms with Crippen LogP contribution in [0.5, 0.6) is 0 Å². The summed E-state index contributed by atoms with van der Waals surface area (Å²) in [5, 5.41) is 13.9. The molecule has 9 nitrogen and oxygen atoms in total. The zero-order chi connectivity index (χ0) is 29.8. The highest BCUT2D eigenvalue weighted by Gasteiger charge is 2.29. The van der Waals surface area contributed by atoms with E-state index >= 15 is 0 Å². The molecule has 1 N–H and O–H groups in total. The molecule has 0 spiro atoms. The van der Waals surface area contributed by atoms with Crippen LogP contribution in [-0.2, 0) is 21.3 Å². The van der Waals surface area contributed by atoms with Crippen molar-refractivity contribution in [1.29, 1.82) is 5.26 Å². The summed E-state index contributed by atoms with van der Waals surface area (Å²) >= 11 is 7.01. The van der Waals surface area contributed by atoms with Gasteiger partial charge < -0.3 is 19.4 Å². The van der Waals surface area contributed by atoms with E-state index in [-0.39, 0.29) is 34.2 Å². The zero-order valence-electron chi connectivity index (χ0n) is 22.7. The Morgan fingerprint density at radius 1 is 1.07 bits per heavy atom. The Bertz CT molecular complexity index is 1770. The van der Waals surface area contributed by atoms with Crippen molar-refractivity contribution >= 4 is 56.6 Å². The average Bonchev–Trinajstić information content (AvgIpc) is 3.28. The van der Waals surface area contributed by atoms with Gasteiger partial charge in [-0.15, -0.1) is 11.3 Å². The van der Waals surface area contributed by atoms with Crippen LogP contribution in [0.15, 0.2) is 53.3 Å². The van der Waals surface area contributed by atoms with Crippen molar-refractivity contribution in [1.82, 2.24) is 4.57 Å². The van der Waals surface area contributed by atoms with Crippen LogP contribution in [0.1, 0.15) is 51.6 Å². The summed E-state index contributed by atoms with van der Waals surface area (Å²) in [7, 11) is 1.47. The van der Waals surface area contributed by atoms with Gasteiger partial charge in [-0.05, 0) is 55.0 Å². The molecule has 0 aliphatic heterocycles. The van der Waals surface area contributed by atoms with Crippen LogP contribution in [0, 0.1) is 18.3 Å². The van der Waals surface area contributed by atoms with Crippen molar-refractivity contribution in [2.24, 2.45) is 7.05 Å². The molecule has 41 heavy (non-hydrogen) atoms. The van der Waals surface area contributed by atoms with Crippen molar-refractivity contribution in [2.75, 3.05) is 11.9 Å². The van der Waals surface area contributed by atoms with Crippen LogP contribution < -0.4 is 10.9 Å². The van der Waals surface area contributed by atoms with E-state index in [1.807, 2.05) is 6.07 Å². The number of carbonyl (C=O) groups excluding carboxylic acids is 3. The smallest absolute Gasteiger partial charge is 0.356 e. The van der Waals surface area contributed by atoms with Gasteiger partial charge in [-0.25, -0.2) is 9.59 Å². The molecule has 0 aliphatic rings. The van der Waals surface area contributed by atoms with Gasteiger partial charge >= 0.3 is 11.9 Å². The number of hydrogen-bond acceptors (Lipinski definition) is 8. The molecule has 1 unspecified atom stereocenters. The number of esters is 2. The van der Waals surface area contributed by atoms with Gasteiger partial charge in [-0.2, -0.15) is 5.26 Å². The maximum Gasteiger partial charge on any atom is 0.356 e. The minimum absolute atomic E-state index is 0.0310. The number of rotatable bonds is 8. The Morgan fingerprint density at radius 2 is 1.73 bits per heavy atom. The van der Waals surface area contributed by atoms with Gasteiger partial charge in [-0.1, -0.05) is 48.9 Å². The number of pyridine rings is 1. The second-order valence-electron chi connectivity index (χ2n) is 9.02. The third-order valence-corrected chi connectivity index (χ3v) is 7.94. The zero-order valence-corrected chi connectivity index (χ0v) is 24.3. The van der Waals surface area contributed by atoms with Crippen LogP contribution in [0.25, 0.3) is 21.9 Å². The largest absolute Gasteiger partial charge is 0.462 e. The highest BCUT2D eigenvalue weighted by molar-refractivity contribution is 7.18. The number of hydrogen-bond donors (Lipinski definition) is 1. The lowest BCUT2D eigenvalue weighted by molar-refractivity contribution is -0.124. The molecule has 0 radical (unpaired) electrons. The van der Waals surface area contributed by atoms with Crippen LogP contribution in [-0.4, -0.2) is 35.1 Å². The predicted octanol–water partition coefficient (Wildman–Crippen LogP) is 5.85. The SMILES string of the molecule is CCOC(=O)c1sc(NC(=O)C(CC)OC(=O)c2c(-c3ccc(Cl)cc3)c3ccccc3c(=O)n2C)c(C#N)c1C. The summed E-state index contributed by atoms with van der Waals surface area (Å²) in [4.78, 5) is 52.7. The third-order valence-electron chi connectivity index (χ3n) is 6.50. The van der Waals surface area contributed by atoms with E-state index in [1.165, 1.54) is 11.6 Å². The Hall–Kier alpha value is -4.46. The number of aromatic nitrogens is 1. The average molecular weight is 592 g/mol. The van der Waals surface area contributed by atoms with Crippen molar-refractivity contribution in [3.63, 3.8) is 0 Å². The van der Waals surface area contributed by atoms with Gasteiger partial charge in [0.15, 0.2) is 6.10 Å². The van der Waals surface area contributed by atoms with E-state index in [1.54, 1.807) is 69.3 Å². The molecule has 1 amide bonds. The van der Waals surface area contributed by atoms with E-state index in [2.05, 4.69) is 5.32 Å². The lowest BCUT2D eigenvalue weighted by Gasteiger charge is -2.20. The molecule has 210 valence electrons. The van der Waals surface area contributed by atoms with E-state index in [4.69, 9.17) is 21.1 Å². The molecule has 0 bridgehead atoms. The van der Waals surface area contributed by atoms with Gasteiger partial charge in [-0.3, -0.25) is 9.59 Å². The van der Waals surface area contributed by atoms with Gasteiger partial charge in [0.2, 0.25) is 0 Å². The molecule has 2 aromatic carbocycles. The number of nitrogens with zero attached hydrogens (tertiary/aromatic N) is 2. The molecule has 4 aromatic rings. The first-order valence-corrected chi connectivity index (χ1v) is 13.9. The fourth-order valence-electron chi connectivity index (χ4n) is 4.44. The first kappa shape index (κ1) is 29.5. The quantitative estimate of drug-likeness (QED) is 0.254. The van der Waals surface area contributed by atoms with Gasteiger partial charge in [0, 0.05) is 23.0 Å². The minimum Gasteiger partial charge on any atom is -0.462 e. The number of carbonyl (C=O) groups is 3. The normalized spacial score (nSPS) is 11.5. The first-order valence-electron chi connectivity index (χ1n) is 12.7. The second-order valence-corrected chi connectivity index (χ2v) is 10.5. The number of nitrogens with one attached hydrogen (secondary N) is 1. The van der Waals surface area contributed by atoms with Crippen LogP contribution in [0.4, 0.5) is 5.00 Å². The summed E-state index contributed by atoms with van der Waals surface area (Å²) in [6, 6.07) is 15.7. The van der Waals surface area contributed by atoms with E-state index in [9.17, 15) is 24.4 Å². The topological polar surface area (TPSA) is 127 Å². The number of ether oxygens (including phenoxy) is 2. The fourth-order valence-corrected chi connectivity index (χ4v) is 5.62. The Balaban J connectivity index is 1.72. The summed E-state index contributed by atoms with van der Waals surface area (Å²) in [5.41, 5.74) is 1.16. The summed E-state index contributed by atoms with van der Waals surface area (Å²) in [6.45, 7) is 5.07. The molecule has 2 heterocycles. The standard InChI is InChI=1S/C30H26ClN3O6S/c1-5-22(26(35)33-27-21(15-32)16(3)25(41-27)30(38)39-6-2)40-29(37)24-23(17-11-13-18(31)14-12-17)19-9-7-8-10-20(19)28(36)34(24)4/h7-14,22H,5-6H2,1-4H3,(H,33,35). The number of benzene rings is 2. The van der Waals surface area contributed by atoms with Crippen molar-refractivity contribution in [3.8, 4) is 17.2 Å². The van der Waals surface area contributed by atoms with Crippen LogP contribution in [0.3, 0.4) is 0 Å². The highest BCUT2D eigenvalue weighted by atomic mass is 35.5. The number of halogens is 1. The van der Waals surface area contributed by atoms with Crippen molar-refractivity contribution in [3.05, 3.63) is 85.6 Å². The number of anilines is 1. The Morgan fingerprint density at radius 3 is 2.34 bits per heavy atom. The predicted molar refractivity (Wildman–Crippen MR) is 157 cm³/mol. The lowest BCUT2D eigenvalue weighted by atomic mass is 9.96. The van der Waals surface area contributed by atoms with E-state index < -0.39 is 29.5 Å². The number of thiophene rings is 1. The van der Waals surface area contributed by atoms with E-state index in [0.29, 0.717) is 32.5 Å². The molecule has 0 saturated carbocycles. The molecular formula is C30H26ClN3O6S. The number of amides is 1. The summed E-state index contributed by atoms with van der Waals surface area (Å²) in [5.74, 6) is -2.16. The molecular weight excluding hydrogens is 566 g/mol. The van der Waals surface area contributed by atoms with Crippen molar-refractivity contribution < 1.29 is 23.9 Å². The minimum atomic E-state index is -1.26. The number of nitriles is 1. The number of fused-ring (bicyclic) bond motifs is 1. The third kappa shape index (κ3) is 5.73. The Kier molecular flexibility index (Phi) is 8.91. The molecule has 1 atom stereocenters. The fraction of sp³-hybridized carbons (Fsp3) is 0.233. The lowest BCUT2D eigenvalue weighted by Crippen LogP contribution is -2.34. The van der Waals surface area contributed by atoms with E-state index in [0.717, 1.165) is 11.3 Å². The first-order chi connectivity index (χ1) is 19.6.